The van der Waals surface area contributed by atoms with Gasteiger partial charge in [-0.3, -0.25) is 9.59 Å². The summed E-state index contributed by atoms with van der Waals surface area (Å²) in [6.07, 6.45) is 1.44. The second-order valence-electron chi connectivity index (χ2n) is 6.93. The summed E-state index contributed by atoms with van der Waals surface area (Å²) in [5.74, 6) is 0.238. The Morgan fingerprint density at radius 2 is 1.54 bits per heavy atom. The molecule has 1 aliphatic rings. The summed E-state index contributed by atoms with van der Waals surface area (Å²) in [5.41, 5.74) is 3.66. The van der Waals surface area contributed by atoms with Gasteiger partial charge in [0, 0.05) is 37.2 Å². The monoisotopic (exact) mass is 351 g/mol. The van der Waals surface area contributed by atoms with Gasteiger partial charge in [-0.15, -0.1) is 0 Å². The third-order valence-electron chi connectivity index (χ3n) is 5.00. The highest BCUT2D eigenvalue weighted by Crippen LogP contribution is 2.23. The fraction of sp³-hybridized carbons (Fsp3) is 0.364. The highest BCUT2D eigenvalue weighted by atomic mass is 16.5. The van der Waals surface area contributed by atoms with E-state index in [0.717, 1.165) is 29.5 Å². The van der Waals surface area contributed by atoms with Crippen LogP contribution >= 0.6 is 0 Å². The first kappa shape index (κ1) is 18.3. The van der Waals surface area contributed by atoms with Crippen LogP contribution < -0.4 is 0 Å². The number of amides is 1. The number of carbonyl (C=O) groups excluding carboxylic acids is 2. The Morgan fingerprint density at radius 3 is 2.12 bits per heavy atom. The molecule has 0 bridgehead atoms. The van der Waals surface area contributed by atoms with E-state index in [0.29, 0.717) is 25.3 Å². The molecular weight excluding hydrogens is 326 g/mol. The van der Waals surface area contributed by atoms with Crippen LogP contribution in [0.4, 0.5) is 0 Å². The summed E-state index contributed by atoms with van der Waals surface area (Å²) >= 11 is 0. The summed E-state index contributed by atoms with van der Waals surface area (Å²) in [5, 5.41) is 0. The zero-order valence-corrected chi connectivity index (χ0v) is 15.4. The normalized spacial score (nSPS) is 15.1. The molecule has 4 heteroatoms. The number of piperidine rings is 1. The maximum atomic E-state index is 12.7. The van der Waals surface area contributed by atoms with Gasteiger partial charge in [0.25, 0.3) is 5.91 Å². The lowest BCUT2D eigenvalue weighted by molar-refractivity contribution is 0.0650. The fourth-order valence-electron chi connectivity index (χ4n) is 3.39. The topological polar surface area (TPSA) is 46.6 Å². The second kappa shape index (κ2) is 8.28. The van der Waals surface area contributed by atoms with Gasteiger partial charge in [0.15, 0.2) is 5.78 Å². The summed E-state index contributed by atoms with van der Waals surface area (Å²) < 4.78 is 5.09. The standard InChI is InChI=1S/C22H25NO3/c1-16-3-7-18(8-4-16)21(24)19-11-13-23(14-12-19)22(25)20-9-5-17(6-10-20)15-26-2/h3-10,19H,11-15H2,1-2H3. The molecule has 0 radical (unpaired) electrons. The average Bonchev–Trinajstić information content (AvgIpc) is 2.68. The van der Waals surface area contributed by atoms with Gasteiger partial charge in [-0.2, -0.15) is 0 Å². The number of methoxy groups -OCH3 is 1. The number of Topliss-reactive ketones (excluding diaryl/α,β-unsaturated/α-hetero) is 1. The van der Waals surface area contributed by atoms with Crippen LogP contribution in [-0.4, -0.2) is 36.8 Å². The van der Waals surface area contributed by atoms with Crippen LogP contribution in [0.1, 0.15) is 44.7 Å². The van der Waals surface area contributed by atoms with Crippen LogP contribution in [0.3, 0.4) is 0 Å². The van der Waals surface area contributed by atoms with Crippen molar-refractivity contribution in [2.75, 3.05) is 20.2 Å². The van der Waals surface area contributed by atoms with Gasteiger partial charge in [-0.05, 0) is 37.5 Å². The molecule has 0 saturated carbocycles. The van der Waals surface area contributed by atoms with Crippen molar-refractivity contribution in [2.45, 2.75) is 26.4 Å². The van der Waals surface area contributed by atoms with Crippen molar-refractivity contribution >= 4 is 11.7 Å². The van der Waals surface area contributed by atoms with E-state index >= 15 is 0 Å². The Bertz CT molecular complexity index is 757. The molecule has 0 aromatic heterocycles. The van der Waals surface area contributed by atoms with E-state index in [4.69, 9.17) is 4.74 Å². The van der Waals surface area contributed by atoms with Crippen LogP contribution in [0.25, 0.3) is 0 Å². The fourth-order valence-corrected chi connectivity index (χ4v) is 3.39. The van der Waals surface area contributed by atoms with Crippen molar-refractivity contribution in [3.8, 4) is 0 Å². The third-order valence-corrected chi connectivity index (χ3v) is 5.00. The number of ketones is 1. The smallest absolute Gasteiger partial charge is 0.253 e. The van der Waals surface area contributed by atoms with Gasteiger partial charge in [0.1, 0.15) is 0 Å². The SMILES string of the molecule is COCc1ccc(C(=O)N2CCC(C(=O)c3ccc(C)cc3)CC2)cc1. The highest BCUT2D eigenvalue weighted by molar-refractivity contribution is 5.98. The Hall–Kier alpha value is -2.46. The quantitative estimate of drug-likeness (QED) is 0.768. The molecule has 1 amide bonds. The van der Waals surface area contributed by atoms with Gasteiger partial charge in [0.05, 0.1) is 6.61 Å². The molecule has 0 N–H and O–H groups in total. The molecule has 1 heterocycles. The van der Waals surface area contributed by atoms with E-state index in [1.165, 1.54) is 0 Å². The average molecular weight is 351 g/mol. The lowest BCUT2D eigenvalue weighted by Gasteiger charge is -2.31. The summed E-state index contributed by atoms with van der Waals surface area (Å²) in [7, 11) is 1.65. The van der Waals surface area contributed by atoms with Crippen LogP contribution in [-0.2, 0) is 11.3 Å². The Kier molecular flexibility index (Phi) is 5.84. The molecule has 26 heavy (non-hydrogen) atoms. The molecule has 1 fully saturated rings. The van der Waals surface area contributed by atoms with Gasteiger partial charge in [-0.25, -0.2) is 0 Å². The first-order valence-electron chi connectivity index (χ1n) is 9.06. The summed E-state index contributed by atoms with van der Waals surface area (Å²) in [6, 6.07) is 15.3. The first-order valence-corrected chi connectivity index (χ1v) is 9.06. The van der Waals surface area contributed by atoms with E-state index in [-0.39, 0.29) is 17.6 Å². The van der Waals surface area contributed by atoms with E-state index in [9.17, 15) is 9.59 Å². The number of carbonyl (C=O) groups is 2. The van der Waals surface area contributed by atoms with E-state index in [1.807, 2.05) is 60.4 Å². The summed E-state index contributed by atoms with van der Waals surface area (Å²) in [6.45, 7) is 3.81. The van der Waals surface area contributed by atoms with Gasteiger partial charge < -0.3 is 9.64 Å². The second-order valence-corrected chi connectivity index (χ2v) is 6.93. The number of hydrogen-bond acceptors (Lipinski definition) is 3. The van der Waals surface area contributed by atoms with Crippen LogP contribution in [0.15, 0.2) is 48.5 Å². The number of aryl methyl sites for hydroxylation is 1. The molecule has 0 aliphatic carbocycles. The van der Waals surface area contributed by atoms with Crippen molar-refractivity contribution in [3.05, 3.63) is 70.8 Å². The molecule has 136 valence electrons. The molecule has 2 aromatic rings. The zero-order chi connectivity index (χ0) is 18.5. The molecule has 1 saturated heterocycles. The minimum atomic E-state index is 0.00540. The third kappa shape index (κ3) is 4.20. The maximum Gasteiger partial charge on any atom is 0.253 e. The lowest BCUT2D eigenvalue weighted by Crippen LogP contribution is -2.40. The van der Waals surface area contributed by atoms with Crippen LogP contribution in [0, 0.1) is 12.8 Å². The number of ether oxygens (including phenoxy) is 1. The van der Waals surface area contributed by atoms with Crippen LogP contribution in [0.5, 0.6) is 0 Å². The number of nitrogens with zero attached hydrogens (tertiary/aromatic N) is 1. The summed E-state index contributed by atoms with van der Waals surface area (Å²) in [4.78, 5) is 27.2. The van der Waals surface area contributed by atoms with E-state index in [1.54, 1.807) is 7.11 Å². The van der Waals surface area contributed by atoms with Crippen molar-refractivity contribution < 1.29 is 14.3 Å². The number of hydrogen-bond donors (Lipinski definition) is 0. The predicted octanol–water partition coefficient (Wildman–Crippen LogP) is 3.88. The van der Waals surface area contributed by atoms with Crippen molar-refractivity contribution in [2.24, 2.45) is 5.92 Å². The highest BCUT2D eigenvalue weighted by Gasteiger charge is 2.28. The maximum absolute atomic E-state index is 12.7. The molecule has 3 rings (SSSR count). The van der Waals surface area contributed by atoms with Crippen molar-refractivity contribution in [1.82, 2.24) is 4.90 Å². The van der Waals surface area contributed by atoms with Gasteiger partial charge in [0.2, 0.25) is 0 Å². The largest absolute Gasteiger partial charge is 0.380 e. The molecular formula is C22H25NO3. The van der Waals surface area contributed by atoms with Crippen molar-refractivity contribution in [3.63, 3.8) is 0 Å². The van der Waals surface area contributed by atoms with Gasteiger partial charge in [-0.1, -0.05) is 42.0 Å². The van der Waals surface area contributed by atoms with E-state index in [2.05, 4.69) is 0 Å². The Morgan fingerprint density at radius 1 is 0.962 bits per heavy atom. The van der Waals surface area contributed by atoms with Gasteiger partial charge >= 0.3 is 0 Å². The lowest BCUT2D eigenvalue weighted by atomic mass is 9.88. The zero-order valence-electron chi connectivity index (χ0n) is 15.4. The minimum absolute atomic E-state index is 0.00540. The molecule has 4 nitrogen and oxygen atoms in total. The predicted molar refractivity (Wildman–Crippen MR) is 101 cm³/mol. The number of benzene rings is 2. The first-order chi connectivity index (χ1) is 12.6. The molecule has 0 spiro atoms. The molecule has 0 unspecified atom stereocenters. The number of likely N-dealkylation sites (tertiary alicyclic amines) is 1. The number of rotatable bonds is 5. The van der Waals surface area contributed by atoms with E-state index < -0.39 is 0 Å². The molecule has 1 aliphatic heterocycles. The van der Waals surface area contributed by atoms with Crippen molar-refractivity contribution in [1.29, 1.82) is 0 Å². The Labute approximate surface area is 154 Å². The Balaban J connectivity index is 1.58. The van der Waals surface area contributed by atoms with Crippen LogP contribution in [0.2, 0.25) is 0 Å². The molecule has 2 aromatic carbocycles. The molecule has 0 atom stereocenters. The minimum Gasteiger partial charge on any atom is -0.380 e.